The normalized spacial score (nSPS) is 14.4. The molecule has 0 atom stereocenters. The second-order valence-corrected chi connectivity index (χ2v) is 5.78. The highest BCUT2D eigenvalue weighted by Crippen LogP contribution is 2.71. The molecular formula is C9H13F6O4P. The molecular weight excluding hydrogens is 317 g/mol. The summed E-state index contributed by atoms with van der Waals surface area (Å²) in [6, 6.07) is 0. The zero-order valence-electron chi connectivity index (χ0n) is 10.8. The van der Waals surface area contributed by atoms with Crippen molar-refractivity contribution in [2.75, 3.05) is 13.2 Å². The van der Waals surface area contributed by atoms with Crippen LogP contribution in [0.5, 0.6) is 0 Å². The summed E-state index contributed by atoms with van der Waals surface area (Å²) in [5.41, 5.74) is 0. The number of Topliss-reactive ketones (excluding diaryl/α,β-unsaturated/α-hetero) is 1. The van der Waals surface area contributed by atoms with Crippen molar-refractivity contribution in [3.8, 4) is 0 Å². The van der Waals surface area contributed by atoms with Gasteiger partial charge in [0.2, 0.25) is 0 Å². The van der Waals surface area contributed by atoms with Crippen molar-refractivity contribution >= 4 is 13.4 Å². The van der Waals surface area contributed by atoms with E-state index in [0.29, 0.717) is 0 Å². The standard InChI is InChI=1S/C9H13F6O4P/c1-4-18-20(17,19-5-2)7(6(3)16,8(10,11)12)9(13,14)15/h4-5H2,1-3H3. The third-order valence-electron chi connectivity index (χ3n) is 2.34. The Balaban J connectivity index is 6.52. The van der Waals surface area contributed by atoms with Gasteiger partial charge in [0.25, 0.3) is 0 Å². The summed E-state index contributed by atoms with van der Waals surface area (Å²) in [5.74, 6) is -2.40. The predicted molar refractivity (Wildman–Crippen MR) is 56.4 cm³/mol. The van der Waals surface area contributed by atoms with Crippen LogP contribution < -0.4 is 0 Å². The molecule has 0 amide bonds. The van der Waals surface area contributed by atoms with Crippen LogP contribution in [0.1, 0.15) is 20.8 Å². The van der Waals surface area contributed by atoms with E-state index < -0.39 is 44.1 Å². The lowest BCUT2D eigenvalue weighted by molar-refractivity contribution is -0.263. The Bertz CT molecular complexity index is 378. The maximum Gasteiger partial charge on any atom is 0.421 e. The van der Waals surface area contributed by atoms with Crippen molar-refractivity contribution in [2.45, 2.75) is 38.3 Å². The van der Waals surface area contributed by atoms with Gasteiger partial charge < -0.3 is 9.05 Å². The largest absolute Gasteiger partial charge is 0.421 e. The Labute approximate surface area is 111 Å². The van der Waals surface area contributed by atoms with E-state index >= 15 is 0 Å². The van der Waals surface area contributed by atoms with Gasteiger partial charge in [-0.05, 0) is 20.8 Å². The molecule has 0 aliphatic rings. The van der Waals surface area contributed by atoms with E-state index in [9.17, 15) is 35.7 Å². The van der Waals surface area contributed by atoms with Crippen LogP contribution in [-0.2, 0) is 18.4 Å². The molecule has 0 spiro atoms. The molecule has 0 aliphatic carbocycles. The zero-order valence-corrected chi connectivity index (χ0v) is 11.7. The van der Waals surface area contributed by atoms with Crippen LogP contribution in [-0.4, -0.2) is 36.5 Å². The lowest BCUT2D eigenvalue weighted by Gasteiger charge is -2.38. The first-order chi connectivity index (χ1) is 8.81. The van der Waals surface area contributed by atoms with Crippen molar-refractivity contribution in [3.63, 3.8) is 0 Å². The average Bonchev–Trinajstić information content (AvgIpc) is 2.11. The molecule has 0 aromatic heterocycles. The van der Waals surface area contributed by atoms with Crippen LogP contribution in [0.15, 0.2) is 0 Å². The van der Waals surface area contributed by atoms with Crippen LogP contribution in [0.25, 0.3) is 0 Å². The summed E-state index contributed by atoms with van der Waals surface area (Å²) < 4.78 is 98.3. The monoisotopic (exact) mass is 330 g/mol. The van der Waals surface area contributed by atoms with Crippen molar-refractivity contribution in [1.82, 2.24) is 0 Å². The molecule has 0 rings (SSSR count). The van der Waals surface area contributed by atoms with E-state index in [0.717, 1.165) is 13.8 Å². The van der Waals surface area contributed by atoms with Crippen LogP contribution >= 0.6 is 7.60 Å². The van der Waals surface area contributed by atoms with Crippen molar-refractivity contribution < 1.29 is 44.7 Å². The van der Waals surface area contributed by atoms with E-state index in [4.69, 9.17) is 0 Å². The highest BCUT2D eigenvalue weighted by Gasteiger charge is 2.84. The van der Waals surface area contributed by atoms with Crippen LogP contribution in [0.4, 0.5) is 26.3 Å². The highest BCUT2D eigenvalue weighted by atomic mass is 31.2. The smallest absolute Gasteiger partial charge is 0.308 e. The maximum absolute atomic E-state index is 13.0. The topological polar surface area (TPSA) is 52.6 Å². The fourth-order valence-electron chi connectivity index (χ4n) is 1.63. The number of hydrogen-bond acceptors (Lipinski definition) is 4. The Kier molecular flexibility index (Phi) is 5.85. The van der Waals surface area contributed by atoms with E-state index in [1.165, 1.54) is 0 Å². The molecule has 0 aromatic carbocycles. The molecule has 0 fully saturated rings. The van der Waals surface area contributed by atoms with Gasteiger partial charge in [-0.3, -0.25) is 9.36 Å². The number of carbonyl (C=O) groups excluding carboxylic acids is 1. The molecule has 0 N–H and O–H groups in total. The summed E-state index contributed by atoms with van der Waals surface area (Å²) in [5, 5.41) is -5.20. The number of ketones is 1. The molecule has 0 saturated carbocycles. The van der Waals surface area contributed by atoms with Gasteiger partial charge in [0, 0.05) is 0 Å². The summed E-state index contributed by atoms with van der Waals surface area (Å²) in [4.78, 5) is 11.2. The molecule has 120 valence electrons. The second-order valence-electron chi connectivity index (χ2n) is 3.60. The lowest BCUT2D eigenvalue weighted by Crippen LogP contribution is -2.61. The van der Waals surface area contributed by atoms with Gasteiger partial charge in [-0.2, -0.15) is 26.3 Å². The van der Waals surface area contributed by atoms with Crippen molar-refractivity contribution in [3.05, 3.63) is 0 Å². The summed E-state index contributed by atoms with van der Waals surface area (Å²) in [6.45, 7) is 0.606. The van der Waals surface area contributed by atoms with Gasteiger partial charge in [-0.25, -0.2) is 0 Å². The Morgan fingerprint density at radius 2 is 1.25 bits per heavy atom. The molecule has 0 saturated heterocycles. The SMILES string of the molecule is CCOP(=O)(OCC)C(C(C)=O)(C(F)(F)F)C(F)(F)F. The molecule has 0 unspecified atom stereocenters. The van der Waals surface area contributed by atoms with E-state index in [2.05, 4.69) is 9.05 Å². The van der Waals surface area contributed by atoms with Gasteiger partial charge in [-0.1, -0.05) is 0 Å². The van der Waals surface area contributed by atoms with Crippen LogP contribution in [0.2, 0.25) is 0 Å². The van der Waals surface area contributed by atoms with Gasteiger partial charge in [0.15, 0.2) is 5.78 Å². The van der Waals surface area contributed by atoms with E-state index in [-0.39, 0.29) is 6.92 Å². The van der Waals surface area contributed by atoms with E-state index in [1.54, 1.807) is 0 Å². The quantitative estimate of drug-likeness (QED) is 0.550. The summed E-state index contributed by atoms with van der Waals surface area (Å²) >= 11 is 0. The number of rotatable bonds is 6. The molecule has 0 radical (unpaired) electrons. The Morgan fingerprint density at radius 3 is 1.40 bits per heavy atom. The number of halogens is 6. The van der Waals surface area contributed by atoms with Gasteiger partial charge in [-0.15, -0.1) is 0 Å². The minimum atomic E-state index is -6.18. The first-order valence-electron chi connectivity index (χ1n) is 5.35. The first-order valence-corrected chi connectivity index (χ1v) is 6.89. The molecule has 0 aliphatic heterocycles. The minimum absolute atomic E-state index is 0.0473. The van der Waals surface area contributed by atoms with Crippen LogP contribution in [0, 0.1) is 0 Å². The minimum Gasteiger partial charge on any atom is -0.308 e. The molecule has 4 nitrogen and oxygen atoms in total. The van der Waals surface area contributed by atoms with E-state index in [1.807, 2.05) is 0 Å². The number of hydrogen-bond donors (Lipinski definition) is 0. The fraction of sp³-hybridized carbons (Fsp3) is 0.889. The third kappa shape index (κ3) is 2.87. The predicted octanol–water partition coefficient (Wildman–Crippen LogP) is 3.70. The summed E-state index contributed by atoms with van der Waals surface area (Å²) in [7, 11) is -5.86. The molecule has 0 bridgehead atoms. The Morgan fingerprint density at radius 1 is 0.950 bits per heavy atom. The van der Waals surface area contributed by atoms with Gasteiger partial charge >= 0.3 is 25.1 Å². The summed E-state index contributed by atoms with van der Waals surface area (Å²) in [6.07, 6.45) is -12.4. The Hall–Kier alpha value is -0.600. The lowest BCUT2D eigenvalue weighted by atomic mass is 10.0. The molecule has 0 heterocycles. The van der Waals surface area contributed by atoms with Crippen LogP contribution in [0.3, 0.4) is 0 Å². The second kappa shape index (κ2) is 6.03. The third-order valence-corrected chi connectivity index (χ3v) is 5.18. The van der Waals surface area contributed by atoms with Gasteiger partial charge in [0.05, 0.1) is 13.2 Å². The fourth-order valence-corrected chi connectivity index (χ4v) is 3.78. The number of alkyl halides is 6. The van der Waals surface area contributed by atoms with Crippen molar-refractivity contribution in [2.24, 2.45) is 0 Å². The highest BCUT2D eigenvalue weighted by molar-refractivity contribution is 7.57. The first kappa shape index (κ1) is 19.4. The molecule has 11 heteroatoms. The zero-order chi connectivity index (χ0) is 16.4. The van der Waals surface area contributed by atoms with Gasteiger partial charge in [0.1, 0.15) is 0 Å². The molecule has 20 heavy (non-hydrogen) atoms. The average molecular weight is 330 g/mol. The maximum atomic E-state index is 13.0. The number of carbonyl (C=O) groups is 1. The van der Waals surface area contributed by atoms with Crippen molar-refractivity contribution in [1.29, 1.82) is 0 Å². The molecule has 0 aromatic rings.